The average Bonchev–Trinajstić information content (AvgIpc) is 3.37. The van der Waals surface area contributed by atoms with E-state index < -0.39 is 67.3 Å². The maximum atomic E-state index is 13.1. The summed E-state index contributed by atoms with van der Waals surface area (Å²) in [4.78, 5) is 51.0. The lowest BCUT2D eigenvalue weighted by Gasteiger charge is -2.40. The highest BCUT2D eigenvalue weighted by molar-refractivity contribution is 5.74. The highest BCUT2D eigenvalue weighted by Gasteiger charge is 2.50. The number of hydrogen-bond donors (Lipinski definition) is 3. The number of ether oxygens (including phenoxy) is 5. The molecule has 0 spiro atoms. The van der Waals surface area contributed by atoms with Crippen molar-refractivity contribution in [1.29, 1.82) is 0 Å². The minimum atomic E-state index is -1.90. The maximum Gasteiger partial charge on any atom is 0.335 e. The average molecular weight is 1030 g/mol. The van der Waals surface area contributed by atoms with E-state index in [1.807, 2.05) is 0 Å². The van der Waals surface area contributed by atoms with Crippen LogP contribution in [0.5, 0.6) is 0 Å². The Morgan fingerprint density at radius 2 is 0.863 bits per heavy atom. The van der Waals surface area contributed by atoms with Crippen LogP contribution >= 0.6 is 0 Å². The second-order valence-electron chi connectivity index (χ2n) is 20.3. The molecule has 1 aliphatic heterocycles. The van der Waals surface area contributed by atoms with Crippen LogP contribution in [0, 0.1) is 0 Å². The predicted octanol–water partition coefficient (Wildman–Crippen LogP) is 15.0. The lowest BCUT2D eigenvalue weighted by atomic mass is 9.98. The number of hydrogen-bond acceptors (Lipinski definition) is 11. The van der Waals surface area contributed by atoms with Crippen LogP contribution < -0.4 is 0 Å². The summed E-state index contributed by atoms with van der Waals surface area (Å²) in [5.74, 6) is -3.16. The van der Waals surface area contributed by atoms with E-state index in [1.54, 1.807) is 0 Å². The van der Waals surface area contributed by atoms with Crippen LogP contribution in [0.2, 0.25) is 0 Å². The van der Waals surface area contributed by atoms with Gasteiger partial charge in [-0.3, -0.25) is 14.4 Å². The topological polar surface area (TPSA) is 175 Å². The third-order valence-corrected chi connectivity index (χ3v) is 13.4. The molecule has 73 heavy (non-hydrogen) atoms. The van der Waals surface area contributed by atoms with E-state index in [-0.39, 0.29) is 25.9 Å². The highest BCUT2D eigenvalue weighted by Crippen LogP contribution is 2.26. The first-order valence-electron chi connectivity index (χ1n) is 29.6. The van der Waals surface area contributed by atoms with Crippen LogP contribution in [0.15, 0.2) is 48.6 Å². The predicted molar refractivity (Wildman–Crippen MR) is 294 cm³/mol. The molecule has 0 aromatic carbocycles. The summed E-state index contributed by atoms with van der Waals surface area (Å²) in [5.41, 5.74) is 0. The normalized spacial score (nSPS) is 18.6. The van der Waals surface area contributed by atoms with Gasteiger partial charge in [-0.25, -0.2) is 4.79 Å². The van der Waals surface area contributed by atoms with Gasteiger partial charge in [0.15, 0.2) is 24.6 Å². The molecule has 0 saturated carbocycles. The van der Waals surface area contributed by atoms with Gasteiger partial charge in [0, 0.05) is 19.3 Å². The number of carbonyl (C=O) groups excluding carboxylic acids is 3. The quantitative estimate of drug-likeness (QED) is 0.0228. The number of rotatable bonds is 50. The molecule has 0 bridgehead atoms. The summed E-state index contributed by atoms with van der Waals surface area (Å²) >= 11 is 0. The van der Waals surface area contributed by atoms with Gasteiger partial charge in [0.2, 0.25) is 0 Å². The van der Waals surface area contributed by atoms with E-state index >= 15 is 0 Å². The molecule has 6 unspecified atom stereocenters. The van der Waals surface area contributed by atoms with Crippen LogP contribution in [0.1, 0.15) is 265 Å². The van der Waals surface area contributed by atoms with E-state index in [9.17, 15) is 34.5 Å². The fourth-order valence-corrected chi connectivity index (χ4v) is 8.89. The Bertz CT molecular complexity index is 1460. The van der Waals surface area contributed by atoms with Gasteiger partial charge in [-0.1, -0.05) is 236 Å². The van der Waals surface area contributed by atoms with Gasteiger partial charge in [-0.2, -0.15) is 0 Å². The Morgan fingerprint density at radius 1 is 0.466 bits per heavy atom. The van der Waals surface area contributed by atoms with E-state index in [0.29, 0.717) is 19.3 Å². The van der Waals surface area contributed by atoms with Gasteiger partial charge in [-0.05, 0) is 57.8 Å². The SMILES string of the molecule is CC/C=C\C/C=C\C/C=C\C/C=C\CCCCC(=O)OC(COC(=O)CCCCCCCCCCCCCCCCCCCCC)COC1OC(C(=O)O)C(O)C(O)C1OC(=O)CCCCCCCCCCC. The molecule has 0 amide bonds. The van der Waals surface area contributed by atoms with Crippen molar-refractivity contribution >= 4 is 23.9 Å². The fourth-order valence-electron chi connectivity index (χ4n) is 8.89. The van der Waals surface area contributed by atoms with Crippen LogP contribution in [-0.2, 0) is 42.9 Å². The number of aliphatic carboxylic acids is 1. The Labute approximate surface area is 443 Å². The summed E-state index contributed by atoms with van der Waals surface area (Å²) in [5, 5.41) is 31.4. The van der Waals surface area contributed by atoms with Crippen molar-refractivity contribution in [1.82, 2.24) is 0 Å². The maximum absolute atomic E-state index is 13.1. The van der Waals surface area contributed by atoms with Gasteiger partial charge in [0.1, 0.15) is 18.8 Å². The molecule has 3 N–H and O–H groups in total. The zero-order valence-corrected chi connectivity index (χ0v) is 46.4. The van der Waals surface area contributed by atoms with Gasteiger partial charge < -0.3 is 39.0 Å². The fraction of sp³-hybridized carbons (Fsp3) is 0.803. The number of allylic oxidation sites excluding steroid dienone is 8. The third-order valence-electron chi connectivity index (χ3n) is 13.4. The zero-order valence-electron chi connectivity index (χ0n) is 46.4. The molecular formula is C61H106O12. The van der Waals surface area contributed by atoms with Crippen molar-refractivity contribution in [2.75, 3.05) is 13.2 Å². The molecule has 0 aromatic heterocycles. The number of unbranched alkanes of at least 4 members (excludes halogenated alkanes) is 28. The van der Waals surface area contributed by atoms with Gasteiger partial charge in [0.25, 0.3) is 0 Å². The molecular weight excluding hydrogens is 925 g/mol. The van der Waals surface area contributed by atoms with E-state index in [1.165, 1.54) is 122 Å². The Morgan fingerprint density at radius 3 is 1.32 bits per heavy atom. The Balaban J connectivity index is 2.66. The molecule has 0 aliphatic carbocycles. The summed E-state index contributed by atoms with van der Waals surface area (Å²) < 4.78 is 28.3. The van der Waals surface area contributed by atoms with Crippen molar-refractivity contribution in [2.45, 2.75) is 302 Å². The molecule has 1 fully saturated rings. The van der Waals surface area contributed by atoms with Gasteiger partial charge in [0.05, 0.1) is 6.61 Å². The second kappa shape index (κ2) is 49.6. The van der Waals surface area contributed by atoms with Crippen LogP contribution in [0.3, 0.4) is 0 Å². The lowest BCUT2D eigenvalue weighted by molar-refractivity contribution is -0.301. The molecule has 12 nitrogen and oxygen atoms in total. The van der Waals surface area contributed by atoms with Crippen LogP contribution in [-0.4, -0.2) is 89.2 Å². The zero-order chi connectivity index (χ0) is 53.3. The Kier molecular flexibility index (Phi) is 45.9. The van der Waals surface area contributed by atoms with Crippen molar-refractivity contribution < 1.29 is 58.2 Å². The minimum absolute atomic E-state index is 0.0577. The molecule has 0 aromatic rings. The molecule has 6 atom stereocenters. The van der Waals surface area contributed by atoms with Crippen molar-refractivity contribution in [2.24, 2.45) is 0 Å². The van der Waals surface area contributed by atoms with Crippen LogP contribution in [0.25, 0.3) is 0 Å². The number of aliphatic hydroxyl groups excluding tert-OH is 2. The van der Waals surface area contributed by atoms with Crippen LogP contribution in [0.4, 0.5) is 0 Å². The third kappa shape index (κ3) is 39.7. The number of aliphatic hydroxyl groups is 2. The molecule has 1 rings (SSSR count). The molecule has 1 aliphatic rings. The van der Waals surface area contributed by atoms with Gasteiger partial charge >= 0.3 is 23.9 Å². The summed E-state index contributed by atoms with van der Waals surface area (Å²) in [7, 11) is 0. The van der Waals surface area contributed by atoms with Gasteiger partial charge in [-0.15, -0.1) is 0 Å². The first-order chi connectivity index (χ1) is 35.6. The second-order valence-corrected chi connectivity index (χ2v) is 20.3. The standard InChI is InChI=1S/C61H106O12/c1-4-7-10-13-16-19-21-23-25-26-27-28-30-31-33-36-38-41-44-47-53(62)69-50-52(71-54(63)48-45-42-40-37-34-32-29-24-22-20-17-14-11-8-5-2)51-70-61-59(57(66)56(65)58(73-61)60(67)68)72-55(64)49-46-43-39-35-18-15-12-9-6-3/h8,11,17,20,24,29,34,37,52,56-59,61,65-66H,4-7,9-10,12-16,18-19,21-23,25-28,30-33,35-36,38-51H2,1-3H3,(H,67,68)/b11-8-,20-17-,29-24-,37-34-. The molecule has 422 valence electrons. The number of carboxylic acid groups (broad SMARTS) is 1. The van der Waals surface area contributed by atoms with E-state index in [0.717, 1.165) is 83.5 Å². The number of carboxylic acids is 1. The minimum Gasteiger partial charge on any atom is -0.479 e. The molecule has 1 saturated heterocycles. The molecule has 0 radical (unpaired) electrons. The first kappa shape index (κ1) is 67.7. The largest absolute Gasteiger partial charge is 0.479 e. The summed E-state index contributed by atoms with van der Waals surface area (Å²) in [6, 6.07) is 0. The molecule has 1 heterocycles. The Hall–Kier alpha value is -3.32. The summed E-state index contributed by atoms with van der Waals surface area (Å²) in [6.07, 6.45) is 46.8. The number of esters is 3. The highest BCUT2D eigenvalue weighted by atomic mass is 16.7. The first-order valence-corrected chi connectivity index (χ1v) is 29.6. The smallest absolute Gasteiger partial charge is 0.335 e. The lowest BCUT2D eigenvalue weighted by Crippen LogP contribution is -2.61. The van der Waals surface area contributed by atoms with Crippen molar-refractivity contribution in [3.63, 3.8) is 0 Å². The van der Waals surface area contributed by atoms with E-state index in [2.05, 4.69) is 69.4 Å². The van der Waals surface area contributed by atoms with Crippen molar-refractivity contribution in [3.8, 4) is 0 Å². The number of carbonyl (C=O) groups is 4. The van der Waals surface area contributed by atoms with E-state index in [4.69, 9.17) is 23.7 Å². The molecule has 12 heteroatoms. The summed E-state index contributed by atoms with van der Waals surface area (Å²) in [6.45, 7) is 5.83. The van der Waals surface area contributed by atoms with Crippen molar-refractivity contribution in [3.05, 3.63) is 48.6 Å². The monoisotopic (exact) mass is 1030 g/mol.